The summed E-state index contributed by atoms with van der Waals surface area (Å²) in [6, 6.07) is 10.4. The van der Waals surface area contributed by atoms with Crippen molar-refractivity contribution in [2.24, 2.45) is 0 Å². The minimum atomic E-state index is -0.242. The second-order valence-electron chi connectivity index (χ2n) is 5.80. The average Bonchev–Trinajstić information content (AvgIpc) is 3.11. The Hall–Kier alpha value is -2.96. The smallest absolute Gasteiger partial charge is 0.321 e. The van der Waals surface area contributed by atoms with Gasteiger partial charge in [-0.2, -0.15) is 0 Å². The summed E-state index contributed by atoms with van der Waals surface area (Å²) in [5.41, 5.74) is 0.729. The van der Waals surface area contributed by atoms with Crippen LogP contribution < -0.4 is 20.3 Å². The van der Waals surface area contributed by atoms with Gasteiger partial charge in [-0.15, -0.1) is 0 Å². The molecule has 0 fully saturated rings. The largest absolute Gasteiger partial charge is 0.484 e. The van der Waals surface area contributed by atoms with Crippen molar-refractivity contribution in [3.63, 3.8) is 0 Å². The third-order valence-corrected chi connectivity index (χ3v) is 3.35. The molecule has 2 N–H and O–H groups in total. The minimum absolute atomic E-state index is 0.0669. The molecule has 0 aliphatic carbocycles. The molecular weight excluding hydrogens is 322 g/mol. The van der Waals surface area contributed by atoms with Gasteiger partial charge in [0.05, 0.1) is 12.8 Å². The maximum atomic E-state index is 11.9. The summed E-state index contributed by atoms with van der Waals surface area (Å²) in [5.74, 6) is 0.990. The maximum Gasteiger partial charge on any atom is 0.321 e. The number of ether oxygens (including phenoxy) is 1. The van der Waals surface area contributed by atoms with Gasteiger partial charge in [-0.25, -0.2) is 4.79 Å². The molecule has 0 bridgehead atoms. The Labute approximate surface area is 146 Å². The van der Waals surface area contributed by atoms with Crippen molar-refractivity contribution in [3.8, 4) is 5.75 Å². The number of carbonyl (C=O) groups excluding carboxylic acids is 2. The van der Waals surface area contributed by atoms with E-state index in [2.05, 4.69) is 10.6 Å². The molecule has 1 aromatic heterocycles. The second kappa shape index (κ2) is 8.77. The summed E-state index contributed by atoms with van der Waals surface area (Å²) < 4.78 is 10.6. The Balaban J connectivity index is 1.79. The summed E-state index contributed by atoms with van der Waals surface area (Å²) in [7, 11) is 1.69. The molecule has 2 rings (SSSR count). The zero-order valence-corrected chi connectivity index (χ0v) is 14.6. The number of hydrogen-bond acceptors (Lipinski definition) is 4. The van der Waals surface area contributed by atoms with Crippen molar-refractivity contribution >= 4 is 17.6 Å². The first-order valence-electron chi connectivity index (χ1n) is 8.02. The lowest BCUT2D eigenvalue weighted by molar-refractivity contribution is -0.123. The minimum Gasteiger partial charge on any atom is -0.484 e. The molecular formula is C18H23N3O4. The lowest BCUT2D eigenvalue weighted by atomic mass is 10.3. The molecule has 0 atom stereocenters. The third-order valence-electron chi connectivity index (χ3n) is 3.35. The van der Waals surface area contributed by atoms with Crippen molar-refractivity contribution in [1.82, 2.24) is 10.6 Å². The Kier molecular flexibility index (Phi) is 6.45. The molecule has 1 aromatic carbocycles. The second-order valence-corrected chi connectivity index (χ2v) is 5.80. The van der Waals surface area contributed by atoms with Gasteiger partial charge in [-0.3, -0.25) is 9.69 Å². The molecule has 2 aromatic rings. The van der Waals surface area contributed by atoms with Crippen LogP contribution in [-0.2, 0) is 11.3 Å². The van der Waals surface area contributed by atoms with Gasteiger partial charge in [0.25, 0.3) is 5.91 Å². The van der Waals surface area contributed by atoms with Crippen LogP contribution >= 0.6 is 0 Å². The van der Waals surface area contributed by atoms with Gasteiger partial charge in [0.1, 0.15) is 11.5 Å². The quantitative estimate of drug-likeness (QED) is 0.808. The van der Waals surface area contributed by atoms with E-state index < -0.39 is 0 Å². The molecule has 134 valence electrons. The number of benzene rings is 1. The number of urea groups is 1. The van der Waals surface area contributed by atoms with Gasteiger partial charge >= 0.3 is 6.03 Å². The molecule has 0 spiro atoms. The van der Waals surface area contributed by atoms with E-state index in [0.717, 1.165) is 5.69 Å². The highest BCUT2D eigenvalue weighted by atomic mass is 16.5. The van der Waals surface area contributed by atoms with E-state index in [1.807, 2.05) is 13.8 Å². The summed E-state index contributed by atoms with van der Waals surface area (Å²) in [6.07, 6.45) is 1.55. The fourth-order valence-electron chi connectivity index (χ4n) is 2.03. The average molecular weight is 345 g/mol. The molecule has 7 heteroatoms. The highest BCUT2D eigenvalue weighted by molar-refractivity contribution is 5.91. The highest BCUT2D eigenvalue weighted by Gasteiger charge is 2.11. The van der Waals surface area contributed by atoms with Crippen LogP contribution in [0.15, 0.2) is 47.1 Å². The van der Waals surface area contributed by atoms with E-state index in [1.54, 1.807) is 49.7 Å². The number of nitrogens with zero attached hydrogens (tertiary/aromatic N) is 1. The first-order chi connectivity index (χ1) is 12.0. The molecule has 25 heavy (non-hydrogen) atoms. The van der Waals surface area contributed by atoms with Gasteiger partial charge in [-0.05, 0) is 50.2 Å². The van der Waals surface area contributed by atoms with Crippen LogP contribution in [0, 0.1) is 0 Å². The normalized spacial score (nSPS) is 10.4. The maximum absolute atomic E-state index is 11.9. The number of hydrogen-bond donors (Lipinski definition) is 2. The Morgan fingerprint density at radius 1 is 1.20 bits per heavy atom. The molecule has 0 unspecified atom stereocenters. The fourth-order valence-corrected chi connectivity index (χ4v) is 2.03. The van der Waals surface area contributed by atoms with E-state index in [1.165, 1.54) is 4.90 Å². The van der Waals surface area contributed by atoms with Crippen LogP contribution in [0.1, 0.15) is 19.6 Å². The molecule has 0 radical (unpaired) electrons. The van der Waals surface area contributed by atoms with Crippen molar-refractivity contribution in [2.45, 2.75) is 26.4 Å². The Morgan fingerprint density at radius 3 is 2.52 bits per heavy atom. The zero-order valence-electron chi connectivity index (χ0n) is 14.6. The van der Waals surface area contributed by atoms with Gasteiger partial charge in [0, 0.05) is 18.8 Å². The van der Waals surface area contributed by atoms with Crippen molar-refractivity contribution < 1.29 is 18.7 Å². The molecule has 0 aliphatic heterocycles. The van der Waals surface area contributed by atoms with E-state index in [-0.39, 0.29) is 24.6 Å². The predicted octanol–water partition coefficient (Wildman–Crippen LogP) is 2.53. The monoisotopic (exact) mass is 345 g/mol. The molecule has 0 saturated carbocycles. The Bertz CT molecular complexity index is 681. The van der Waals surface area contributed by atoms with Gasteiger partial charge in [0.15, 0.2) is 6.61 Å². The first kappa shape index (κ1) is 18.4. The van der Waals surface area contributed by atoms with E-state index in [4.69, 9.17) is 9.15 Å². The number of furan rings is 1. The van der Waals surface area contributed by atoms with Gasteiger partial charge in [-0.1, -0.05) is 0 Å². The van der Waals surface area contributed by atoms with Gasteiger partial charge < -0.3 is 19.8 Å². The highest BCUT2D eigenvalue weighted by Crippen LogP contribution is 2.18. The third kappa shape index (κ3) is 5.87. The Morgan fingerprint density at radius 2 is 1.92 bits per heavy atom. The van der Waals surface area contributed by atoms with E-state index in [9.17, 15) is 9.59 Å². The SMILES string of the molecule is CC(C)NC(=O)N(C)c1ccc(OCC(=O)NCc2ccco2)cc1. The van der Waals surface area contributed by atoms with Crippen LogP contribution in [-0.4, -0.2) is 31.6 Å². The lowest BCUT2D eigenvalue weighted by Crippen LogP contribution is -2.40. The number of anilines is 1. The summed E-state index contributed by atoms with van der Waals surface area (Å²) in [4.78, 5) is 25.2. The van der Waals surface area contributed by atoms with E-state index >= 15 is 0 Å². The van der Waals surface area contributed by atoms with Crippen LogP contribution in [0.2, 0.25) is 0 Å². The van der Waals surface area contributed by atoms with Crippen molar-refractivity contribution in [2.75, 3.05) is 18.6 Å². The summed E-state index contributed by atoms with van der Waals surface area (Å²) in [6.45, 7) is 4.03. The molecule has 1 heterocycles. The van der Waals surface area contributed by atoms with E-state index in [0.29, 0.717) is 18.1 Å². The van der Waals surface area contributed by atoms with Crippen LogP contribution in [0.5, 0.6) is 5.75 Å². The lowest BCUT2D eigenvalue weighted by Gasteiger charge is -2.20. The first-order valence-corrected chi connectivity index (χ1v) is 8.02. The number of amides is 3. The standard InChI is InChI=1S/C18H23N3O4/c1-13(2)20-18(23)21(3)14-6-8-15(9-7-14)25-12-17(22)19-11-16-5-4-10-24-16/h4-10,13H,11-12H2,1-3H3,(H,19,22)(H,20,23). The number of nitrogens with one attached hydrogen (secondary N) is 2. The number of carbonyl (C=O) groups is 2. The fraction of sp³-hybridized carbons (Fsp3) is 0.333. The van der Waals surface area contributed by atoms with Crippen LogP contribution in [0.3, 0.4) is 0 Å². The molecule has 3 amide bonds. The van der Waals surface area contributed by atoms with Crippen LogP contribution in [0.4, 0.5) is 10.5 Å². The van der Waals surface area contributed by atoms with Crippen molar-refractivity contribution in [3.05, 3.63) is 48.4 Å². The van der Waals surface area contributed by atoms with Crippen LogP contribution in [0.25, 0.3) is 0 Å². The molecule has 0 saturated heterocycles. The zero-order chi connectivity index (χ0) is 18.2. The summed E-state index contributed by atoms with van der Waals surface area (Å²) >= 11 is 0. The summed E-state index contributed by atoms with van der Waals surface area (Å²) in [5, 5.41) is 5.52. The predicted molar refractivity (Wildman–Crippen MR) is 94.6 cm³/mol. The van der Waals surface area contributed by atoms with Crippen molar-refractivity contribution in [1.29, 1.82) is 0 Å². The topological polar surface area (TPSA) is 83.8 Å². The van der Waals surface area contributed by atoms with Gasteiger partial charge in [0.2, 0.25) is 0 Å². The molecule has 0 aliphatic rings. The molecule has 7 nitrogen and oxygen atoms in total. The number of rotatable bonds is 7.